The van der Waals surface area contributed by atoms with E-state index in [-0.39, 0.29) is 0 Å². The van der Waals surface area contributed by atoms with Crippen LogP contribution in [-0.2, 0) is 14.3 Å². The van der Waals surface area contributed by atoms with Gasteiger partial charge in [0.25, 0.3) is 0 Å². The Labute approximate surface area is 80.4 Å². The van der Waals surface area contributed by atoms with Gasteiger partial charge in [-0.3, -0.25) is 0 Å². The van der Waals surface area contributed by atoms with E-state index in [2.05, 4.69) is 4.74 Å². The molecule has 1 aliphatic heterocycles. The number of esters is 2. The minimum absolute atomic E-state index is 0.388. The summed E-state index contributed by atoms with van der Waals surface area (Å²) in [6.07, 6.45) is -0.788. The molecule has 0 fully saturated rings. The Kier molecular flexibility index (Phi) is 2.05. The van der Waals surface area contributed by atoms with Crippen LogP contribution in [0.25, 0.3) is 0 Å². The number of methoxy groups -OCH3 is 1. The molecule has 0 radical (unpaired) electrons. The zero-order valence-corrected chi connectivity index (χ0v) is 7.52. The van der Waals surface area contributed by atoms with Gasteiger partial charge in [0.1, 0.15) is 0 Å². The number of rotatable bonds is 1. The Morgan fingerprint density at radius 1 is 1.29 bits per heavy atom. The SMILES string of the molecule is CO[C@H]1C(=O)OC(=O)c2ccccc21. The molecule has 0 N–H and O–H groups in total. The van der Waals surface area contributed by atoms with Crippen molar-refractivity contribution in [2.75, 3.05) is 7.11 Å². The largest absolute Gasteiger partial charge is 0.387 e. The van der Waals surface area contributed by atoms with Crippen molar-refractivity contribution in [2.45, 2.75) is 6.10 Å². The van der Waals surface area contributed by atoms with Crippen LogP contribution in [0.2, 0.25) is 0 Å². The van der Waals surface area contributed by atoms with Gasteiger partial charge < -0.3 is 9.47 Å². The number of carbonyl (C=O) groups excluding carboxylic acids is 2. The van der Waals surface area contributed by atoms with Crippen LogP contribution in [0.15, 0.2) is 24.3 Å². The summed E-state index contributed by atoms with van der Waals surface area (Å²) in [6, 6.07) is 6.75. The molecule has 0 aromatic heterocycles. The Morgan fingerprint density at radius 2 is 2.00 bits per heavy atom. The monoisotopic (exact) mass is 192 g/mol. The van der Waals surface area contributed by atoms with Gasteiger partial charge >= 0.3 is 11.9 Å². The number of carbonyl (C=O) groups is 2. The zero-order valence-electron chi connectivity index (χ0n) is 7.52. The van der Waals surface area contributed by atoms with Crippen molar-refractivity contribution in [1.29, 1.82) is 0 Å². The van der Waals surface area contributed by atoms with E-state index >= 15 is 0 Å². The highest BCUT2D eigenvalue weighted by Gasteiger charge is 2.34. The smallest absolute Gasteiger partial charge is 0.347 e. The van der Waals surface area contributed by atoms with Gasteiger partial charge in [0.15, 0.2) is 6.10 Å². The van der Waals surface area contributed by atoms with Crippen molar-refractivity contribution < 1.29 is 19.1 Å². The van der Waals surface area contributed by atoms with Crippen molar-refractivity contribution >= 4 is 11.9 Å². The number of hydrogen-bond donors (Lipinski definition) is 0. The van der Waals surface area contributed by atoms with Gasteiger partial charge in [0, 0.05) is 12.7 Å². The molecule has 1 atom stereocenters. The lowest BCUT2D eigenvalue weighted by Gasteiger charge is -2.21. The predicted octanol–water partition coefficient (Wildman–Crippen LogP) is 1.07. The lowest BCUT2D eigenvalue weighted by atomic mass is 10.0. The maximum atomic E-state index is 11.3. The fourth-order valence-corrected chi connectivity index (χ4v) is 1.46. The van der Waals surface area contributed by atoms with Gasteiger partial charge in [-0.2, -0.15) is 0 Å². The average molecular weight is 192 g/mol. The van der Waals surface area contributed by atoms with Crippen LogP contribution in [-0.4, -0.2) is 19.0 Å². The van der Waals surface area contributed by atoms with Crippen molar-refractivity contribution in [3.63, 3.8) is 0 Å². The molecule has 0 saturated heterocycles. The maximum Gasteiger partial charge on any atom is 0.347 e. The van der Waals surface area contributed by atoms with E-state index in [0.29, 0.717) is 11.1 Å². The third-order valence-corrected chi connectivity index (χ3v) is 2.11. The van der Waals surface area contributed by atoms with E-state index in [1.165, 1.54) is 7.11 Å². The minimum atomic E-state index is -0.788. The Morgan fingerprint density at radius 3 is 2.71 bits per heavy atom. The summed E-state index contributed by atoms with van der Waals surface area (Å²) in [4.78, 5) is 22.5. The van der Waals surface area contributed by atoms with E-state index in [4.69, 9.17) is 4.74 Å². The third-order valence-electron chi connectivity index (χ3n) is 2.11. The Hall–Kier alpha value is -1.68. The molecular weight excluding hydrogens is 184 g/mol. The molecule has 0 spiro atoms. The minimum Gasteiger partial charge on any atom is -0.387 e. The van der Waals surface area contributed by atoms with Crippen LogP contribution < -0.4 is 0 Å². The van der Waals surface area contributed by atoms with Crippen LogP contribution in [0.5, 0.6) is 0 Å². The van der Waals surface area contributed by atoms with E-state index in [1.807, 2.05) is 0 Å². The molecule has 2 rings (SSSR count). The summed E-state index contributed by atoms with van der Waals surface area (Å²) in [5, 5.41) is 0. The molecule has 4 nitrogen and oxygen atoms in total. The van der Waals surface area contributed by atoms with Gasteiger partial charge in [-0.1, -0.05) is 18.2 Å². The summed E-state index contributed by atoms with van der Waals surface area (Å²) >= 11 is 0. The molecule has 1 heterocycles. The van der Waals surface area contributed by atoms with Crippen LogP contribution in [0.4, 0.5) is 0 Å². The number of hydrogen-bond acceptors (Lipinski definition) is 4. The van der Waals surface area contributed by atoms with Crippen LogP contribution >= 0.6 is 0 Å². The van der Waals surface area contributed by atoms with Crippen LogP contribution in [0.1, 0.15) is 22.0 Å². The summed E-state index contributed by atoms with van der Waals surface area (Å²) in [7, 11) is 1.40. The van der Waals surface area contributed by atoms with E-state index in [1.54, 1.807) is 24.3 Å². The first-order valence-corrected chi connectivity index (χ1v) is 4.12. The van der Waals surface area contributed by atoms with E-state index in [9.17, 15) is 9.59 Å². The van der Waals surface area contributed by atoms with E-state index in [0.717, 1.165) is 0 Å². The third kappa shape index (κ3) is 1.20. The lowest BCUT2D eigenvalue weighted by molar-refractivity contribution is -0.151. The molecule has 72 valence electrons. The lowest BCUT2D eigenvalue weighted by Crippen LogP contribution is -2.28. The first-order chi connectivity index (χ1) is 6.74. The summed E-state index contributed by atoms with van der Waals surface area (Å²) < 4.78 is 9.46. The van der Waals surface area contributed by atoms with Crippen LogP contribution in [0, 0.1) is 0 Å². The fourth-order valence-electron chi connectivity index (χ4n) is 1.46. The second kappa shape index (κ2) is 3.23. The normalized spacial score (nSPS) is 20.2. The molecule has 1 aromatic rings. The highest BCUT2D eigenvalue weighted by atomic mass is 16.6. The molecule has 0 aliphatic carbocycles. The highest BCUT2D eigenvalue weighted by Crippen LogP contribution is 2.27. The van der Waals surface area contributed by atoms with Gasteiger partial charge in [-0.15, -0.1) is 0 Å². The molecule has 4 heteroatoms. The van der Waals surface area contributed by atoms with Crippen molar-refractivity contribution in [3.05, 3.63) is 35.4 Å². The van der Waals surface area contributed by atoms with Crippen LogP contribution in [0.3, 0.4) is 0 Å². The molecule has 0 amide bonds. The topological polar surface area (TPSA) is 52.6 Å². The summed E-state index contributed by atoms with van der Waals surface area (Å²) in [6.45, 7) is 0. The number of benzene rings is 1. The maximum absolute atomic E-state index is 11.3. The molecule has 1 aliphatic rings. The van der Waals surface area contributed by atoms with Crippen molar-refractivity contribution in [3.8, 4) is 0 Å². The molecule has 0 bridgehead atoms. The van der Waals surface area contributed by atoms with Gasteiger partial charge in [0.05, 0.1) is 5.56 Å². The number of cyclic esters (lactones) is 2. The summed E-state index contributed by atoms with van der Waals surface area (Å²) in [5.41, 5.74) is 0.954. The number of ether oxygens (including phenoxy) is 2. The summed E-state index contributed by atoms with van der Waals surface area (Å²) in [5.74, 6) is -1.27. The molecule has 0 saturated carbocycles. The van der Waals surface area contributed by atoms with E-state index < -0.39 is 18.0 Å². The second-order valence-electron chi connectivity index (χ2n) is 2.91. The quantitative estimate of drug-likeness (QED) is 0.493. The first kappa shape index (κ1) is 8.90. The van der Waals surface area contributed by atoms with Gasteiger partial charge in [-0.05, 0) is 6.07 Å². The number of fused-ring (bicyclic) bond motifs is 1. The highest BCUT2D eigenvalue weighted by molar-refractivity contribution is 6.03. The van der Waals surface area contributed by atoms with Gasteiger partial charge in [-0.25, -0.2) is 9.59 Å². The fraction of sp³-hybridized carbons (Fsp3) is 0.200. The average Bonchev–Trinajstić information content (AvgIpc) is 2.18. The van der Waals surface area contributed by atoms with Gasteiger partial charge in [0.2, 0.25) is 0 Å². The molecule has 1 aromatic carbocycles. The van der Waals surface area contributed by atoms with Crippen molar-refractivity contribution in [2.24, 2.45) is 0 Å². The first-order valence-electron chi connectivity index (χ1n) is 4.12. The predicted molar refractivity (Wildman–Crippen MR) is 46.6 cm³/mol. The molecule has 14 heavy (non-hydrogen) atoms. The standard InChI is InChI=1S/C10H8O4/c1-13-8-6-4-2-3-5-7(6)9(11)14-10(8)12/h2-5,8H,1H3/t8-/m1/s1. The zero-order chi connectivity index (χ0) is 10.1. The second-order valence-corrected chi connectivity index (χ2v) is 2.91. The van der Waals surface area contributed by atoms with Crippen molar-refractivity contribution in [1.82, 2.24) is 0 Å². The Bertz CT molecular complexity index is 397. The Balaban J connectivity index is 2.56. The molecule has 0 unspecified atom stereocenters. The molecular formula is C10H8O4.